The van der Waals surface area contributed by atoms with Crippen LogP contribution in [0.1, 0.15) is 24.5 Å². The molecule has 1 N–H and O–H groups in total. The first-order valence-corrected chi connectivity index (χ1v) is 9.83. The topological polar surface area (TPSA) is 115 Å². The van der Waals surface area contributed by atoms with Crippen LogP contribution in [-0.4, -0.2) is 57.9 Å². The smallest absolute Gasteiger partial charge is 0.288 e. The van der Waals surface area contributed by atoms with Crippen molar-refractivity contribution in [2.75, 3.05) is 31.1 Å². The minimum Gasteiger partial charge on any atom is -0.490 e. The molecule has 0 aliphatic carbocycles. The molecule has 2 aromatic heterocycles. The van der Waals surface area contributed by atoms with Crippen molar-refractivity contribution < 1.29 is 22.7 Å². The molecule has 1 atom stereocenters. The van der Waals surface area contributed by atoms with Gasteiger partial charge in [-0.1, -0.05) is 0 Å². The van der Waals surface area contributed by atoms with Crippen LogP contribution < -0.4 is 15.2 Å². The lowest BCUT2D eigenvalue weighted by Gasteiger charge is -2.46. The summed E-state index contributed by atoms with van der Waals surface area (Å²) in [6.07, 6.45) is 3.24. The molecule has 0 spiro atoms. The third-order valence-electron chi connectivity index (χ3n) is 5.94. The van der Waals surface area contributed by atoms with E-state index in [1.165, 1.54) is 24.2 Å². The van der Waals surface area contributed by atoms with Crippen molar-refractivity contribution in [3.8, 4) is 11.8 Å². The summed E-state index contributed by atoms with van der Waals surface area (Å²) in [6, 6.07) is 1.97. The molecule has 4 rings (SSSR count). The highest BCUT2D eigenvalue weighted by atomic mass is 19.3. The number of hydrogen-bond donors (Lipinski definition) is 1. The largest absolute Gasteiger partial charge is 0.490 e. The van der Waals surface area contributed by atoms with Crippen LogP contribution >= 0.6 is 0 Å². The van der Waals surface area contributed by atoms with Crippen molar-refractivity contribution in [3.63, 3.8) is 0 Å². The van der Waals surface area contributed by atoms with Gasteiger partial charge in [0.25, 0.3) is 11.5 Å². The number of alkyl halides is 2. The number of carbonyl (C=O) groups excluding carboxylic acids is 1. The van der Waals surface area contributed by atoms with E-state index in [0.717, 1.165) is 4.90 Å². The first kappa shape index (κ1) is 21.6. The standard InChI is InChI=1S/C20H19F3N6O3/c1-19(2-3-29(11-20(19,22)23)18-26-9-14(21)16(30)27-18)17(31)28-4-5-32-15-12(6-24)7-25-8-13(15)10-28/h7-9H,2-5,10-11H2,1H3,(H,26,27,30). The molecule has 32 heavy (non-hydrogen) atoms. The minimum absolute atomic E-state index is 0.00741. The summed E-state index contributed by atoms with van der Waals surface area (Å²) >= 11 is 0. The zero-order chi connectivity index (χ0) is 23.1. The van der Waals surface area contributed by atoms with Gasteiger partial charge in [-0.25, -0.2) is 13.8 Å². The van der Waals surface area contributed by atoms with Gasteiger partial charge in [0.1, 0.15) is 29.4 Å². The van der Waals surface area contributed by atoms with Crippen molar-refractivity contribution in [2.24, 2.45) is 5.41 Å². The van der Waals surface area contributed by atoms with Crippen LogP contribution in [0.3, 0.4) is 0 Å². The maximum atomic E-state index is 15.3. The number of hydrogen-bond acceptors (Lipinski definition) is 7. The number of nitriles is 1. The van der Waals surface area contributed by atoms with Gasteiger partial charge >= 0.3 is 0 Å². The van der Waals surface area contributed by atoms with E-state index < -0.39 is 35.2 Å². The fourth-order valence-corrected chi connectivity index (χ4v) is 3.93. The fourth-order valence-electron chi connectivity index (χ4n) is 3.93. The summed E-state index contributed by atoms with van der Waals surface area (Å²) in [5.74, 6) is -5.22. The van der Waals surface area contributed by atoms with Crippen LogP contribution in [0.4, 0.5) is 19.1 Å². The molecule has 4 heterocycles. The van der Waals surface area contributed by atoms with Gasteiger partial charge in [-0.3, -0.25) is 19.6 Å². The molecule has 12 heteroatoms. The number of nitrogens with zero attached hydrogens (tertiary/aromatic N) is 5. The molecular formula is C20H19F3N6O3. The SMILES string of the molecule is CC1(C(=O)N2CCOc3c(C#N)cncc3C2)CCN(c2ncc(F)c(=O)[nH]2)CC1(F)F. The lowest BCUT2D eigenvalue weighted by Crippen LogP contribution is -2.61. The van der Waals surface area contributed by atoms with Crippen LogP contribution in [0, 0.1) is 22.6 Å². The summed E-state index contributed by atoms with van der Waals surface area (Å²) in [7, 11) is 0. The Hall–Kier alpha value is -3.62. The van der Waals surface area contributed by atoms with E-state index in [4.69, 9.17) is 4.74 Å². The second-order valence-corrected chi connectivity index (χ2v) is 7.95. The number of anilines is 1. The average molecular weight is 448 g/mol. The molecule has 1 unspecified atom stereocenters. The summed E-state index contributed by atoms with van der Waals surface area (Å²) in [4.78, 5) is 37.0. The van der Waals surface area contributed by atoms with Gasteiger partial charge in [0.05, 0.1) is 25.8 Å². The average Bonchev–Trinajstić information content (AvgIpc) is 2.99. The number of aromatic nitrogens is 3. The highest BCUT2D eigenvalue weighted by Gasteiger charge is 2.59. The molecule has 0 aromatic carbocycles. The van der Waals surface area contributed by atoms with E-state index in [2.05, 4.69) is 15.0 Å². The van der Waals surface area contributed by atoms with Crippen LogP contribution in [0.25, 0.3) is 0 Å². The van der Waals surface area contributed by atoms with Gasteiger partial charge in [-0.2, -0.15) is 9.65 Å². The Morgan fingerprint density at radius 2 is 2.09 bits per heavy atom. The van der Waals surface area contributed by atoms with Crippen LogP contribution in [0.15, 0.2) is 23.4 Å². The Kier molecular flexibility index (Phi) is 5.28. The number of piperidine rings is 1. The van der Waals surface area contributed by atoms with Gasteiger partial charge in [-0.05, 0) is 13.3 Å². The molecular weight excluding hydrogens is 429 g/mol. The van der Waals surface area contributed by atoms with E-state index in [0.29, 0.717) is 17.5 Å². The second-order valence-electron chi connectivity index (χ2n) is 7.95. The second kappa shape index (κ2) is 7.81. The van der Waals surface area contributed by atoms with Gasteiger partial charge in [0.15, 0.2) is 0 Å². The zero-order valence-corrected chi connectivity index (χ0v) is 17.1. The van der Waals surface area contributed by atoms with Gasteiger partial charge in [0.2, 0.25) is 17.7 Å². The Balaban J connectivity index is 1.57. The summed E-state index contributed by atoms with van der Waals surface area (Å²) in [5, 5.41) is 9.22. The lowest BCUT2D eigenvalue weighted by atomic mass is 9.75. The number of fused-ring (bicyclic) bond motifs is 1. The molecule has 1 amide bonds. The molecule has 2 aromatic rings. The Bertz CT molecular complexity index is 1160. The van der Waals surface area contributed by atoms with Crippen molar-refractivity contribution >= 4 is 11.9 Å². The number of pyridine rings is 1. The lowest BCUT2D eigenvalue weighted by molar-refractivity contribution is -0.173. The Morgan fingerprint density at radius 1 is 1.31 bits per heavy atom. The molecule has 1 fully saturated rings. The minimum atomic E-state index is -3.47. The number of carbonyl (C=O) groups is 1. The Labute approximate surface area is 180 Å². The molecule has 0 radical (unpaired) electrons. The molecule has 1 saturated heterocycles. The predicted octanol–water partition coefficient (Wildman–Crippen LogP) is 1.45. The van der Waals surface area contributed by atoms with Crippen LogP contribution in [-0.2, 0) is 11.3 Å². The number of halogens is 3. The highest BCUT2D eigenvalue weighted by molar-refractivity contribution is 5.84. The monoisotopic (exact) mass is 448 g/mol. The Morgan fingerprint density at radius 3 is 2.78 bits per heavy atom. The summed E-state index contributed by atoms with van der Waals surface area (Å²) in [5.41, 5.74) is -2.40. The van der Waals surface area contributed by atoms with E-state index in [9.17, 15) is 19.2 Å². The van der Waals surface area contributed by atoms with Crippen molar-refractivity contribution in [3.05, 3.63) is 45.9 Å². The molecule has 9 nitrogen and oxygen atoms in total. The first-order valence-electron chi connectivity index (χ1n) is 9.83. The molecule has 0 saturated carbocycles. The predicted molar refractivity (Wildman–Crippen MR) is 105 cm³/mol. The van der Waals surface area contributed by atoms with E-state index in [1.54, 1.807) is 0 Å². The highest BCUT2D eigenvalue weighted by Crippen LogP contribution is 2.46. The van der Waals surface area contributed by atoms with E-state index in [-0.39, 0.29) is 44.2 Å². The fraction of sp³-hybridized carbons (Fsp3) is 0.450. The van der Waals surface area contributed by atoms with Gasteiger partial charge < -0.3 is 14.5 Å². The number of H-pyrrole nitrogens is 1. The third-order valence-corrected chi connectivity index (χ3v) is 5.94. The normalized spacial score (nSPS) is 22.3. The molecule has 168 valence electrons. The maximum Gasteiger partial charge on any atom is 0.288 e. The first-order chi connectivity index (χ1) is 15.2. The van der Waals surface area contributed by atoms with Crippen molar-refractivity contribution in [1.82, 2.24) is 19.9 Å². The molecule has 2 aliphatic heterocycles. The number of aromatic amines is 1. The number of rotatable bonds is 2. The molecule has 0 bridgehead atoms. The summed E-state index contributed by atoms with van der Waals surface area (Å²) < 4.78 is 49.4. The number of nitrogens with one attached hydrogen (secondary N) is 1. The van der Waals surface area contributed by atoms with Crippen LogP contribution in [0.2, 0.25) is 0 Å². The van der Waals surface area contributed by atoms with Gasteiger partial charge in [-0.15, -0.1) is 0 Å². The third kappa shape index (κ3) is 3.53. The van der Waals surface area contributed by atoms with Crippen molar-refractivity contribution in [2.45, 2.75) is 25.8 Å². The van der Waals surface area contributed by atoms with Crippen molar-refractivity contribution in [1.29, 1.82) is 5.26 Å². The van der Waals surface area contributed by atoms with Crippen LogP contribution in [0.5, 0.6) is 5.75 Å². The van der Waals surface area contributed by atoms with Gasteiger partial charge in [0, 0.05) is 24.5 Å². The molecule has 2 aliphatic rings. The quantitative estimate of drug-likeness (QED) is 0.739. The summed E-state index contributed by atoms with van der Waals surface area (Å²) in [6.45, 7) is 0.452. The maximum absolute atomic E-state index is 15.3. The van der Waals surface area contributed by atoms with E-state index >= 15 is 8.78 Å². The zero-order valence-electron chi connectivity index (χ0n) is 17.1. The number of amides is 1. The number of ether oxygens (including phenoxy) is 1. The van der Waals surface area contributed by atoms with E-state index in [1.807, 2.05) is 6.07 Å².